The standard InChI is InChI=1S/C14H11BrN4/c15-11-3-1-10-6-12(4-2-9(10)5-11)18-14-8-17-7-13(16)19-14/h1-8H,(H3,16,18,19). The van der Waals surface area contributed by atoms with Crippen LogP contribution in [0.2, 0.25) is 0 Å². The first-order valence-corrected chi connectivity index (χ1v) is 6.54. The summed E-state index contributed by atoms with van der Waals surface area (Å²) >= 11 is 3.46. The third-order valence-corrected chi connectivity index (χ3v) is 3.22. The number of halogens is 1. The molecule has 0 radical (unpaired) electrons. The molecule has 0 aliphatic rings. The van der Waals surface area contributed by atoms with E-state index in [1.807, 2.05) is 12.1 Å². The molecule has 2 aromatic carbocycles. The van der Waals surface area contributed by atoms with Crippen molar-refractivity contribution in [2.24, 2.45) is 0 Å². The Balaban J connectivity index is 1.95. The first-order chi connectivity index (χ1) is 9.20. The third kappa shape index (κ3) is 2.66. The molecule has 3 N–H and O–H groups in total. The molecule has 0 saturated carbocycles. The van der Waals surface area contributed by atoms with Crippen molar-refractivity contribution in [1.29, 1.82) is 0 Å². The van der Waals surface area contributed by atoms with Crippen LogP contribution in [-0.2, 0) is 0 Å². The van der Waals surface area contributed by atoms with Gasteiger partial charge in [-0.25, -0.2) is 4.98 Å². The third-order valence-electron chi connectivity index (χ3n) is 2.73. The molecule has 0 bridgehead atoms. The molecule has 0 atom stereocenters. The van der Waals surface area contributed by atoms with Gasteiger partial charge in [0.1, 0.15) is 5.82 Å². The van der Waals surface area contributed by atoms with Crippen LogP contribution in [0.3, 0.4) is 0 Å². The minimum Gasteiger partial charge on any atom is -0.382 e. The minimum atomic E-state index is 0.398. The van der Waals surface area contributed by atoms with E-state index >= 15 is 0 Å². The zero-order valence-corrected chi connectivity index (χ0v) is 11.6. The first-order valence-electron chi connectivity index (χ1n) is 5.74. The van der Waals surface area contributed by atoms with Crippen LogP contribution in [0, 0.1) is 0 Å². The molecule has 4 nitrogen and oxygen atoms in total. The Morgan fingerprint density at radius 1 is 1.00 bits per heavy atom. The summed E-state index contributed by atoms with van der Waals surface area (Å²) in [6, 6.07) is 12.3. The summed E-state index contributed by atoms with van der Waals surface area (Å²) in [5.74, 6) is 1.03. The van der Waals surface area contributed by atoms with Gasteiger partial charge >= 0.3 is 0 Å². The monoisotopic (exact) mass is 314 g/mol. The maximum atomic E-state index is 5.60. The van der Waals surface area contributed by atoms with Crippen LogP contribution >= 0.6 is 15.9 Å². The maximum Gasteiger partial charge on any atom is 0.151 e. The quantitative estimate of drug-likeness (QED) is 0.756. The van der Waals surface area contributed by atoms with Crippen molar-refractivity contribution in [3.05, 3.63) is 53.3 Å². The van der Waals surface area contributed by atoms with Crippen LogP contribution in [0.15, 0.2) is 53.3 Å². The lowest BCUT2D eigenvalue weighted by Gasteiger charge is -2.07. The number of nitrogen functional groups attached to an aromatic ring is 1. The van der Waals surface area contributed by atoms with Gasteiger partial charge in [0, 0.05) is 10.2 Å². The van der Waals surface area contributed by atoms with Crippen molar-refractivity contribution in [2.75, 3.05) is 11.1 Å². The van der Waals surface area contributed by atoms with Gasteiger partial charge in [0.15, 0.2) is 5.82 Å². The van der Waals surface area contributed by atoms with Crippen molar-refractivity contribution >= 4 is 44.0 Å². The smallest absolute Gasteiger partial charge is 0.151 e. The molecule has 3 rings (SSSR count). The lowest BCUT2D eigenvalue weighted by molar-refractivity contribution is 1.21. The Bertz CT molecular complexity index is 742. The van der Waals surface area contributed by atoms with Crippen LogP contribution in [0.1, 0.15) is 0 Å². The number of hydrogen-bond acceptors (Lipinski definition) is 4. The number of fused-ring (bicyclic) bond motifs is 1. The lowest BCUT2D eigenvalue weighted by Crippen LogP contribution is -1.98. The SMILES string of the molecule is Nc1cncc(Nc2ccc3cc(Br)ccc3c2)n1. The molecule has 0 fully saturated rings. The summed E-state index contributed by atoms with van der Waals surface area (Å²) in [7, 11) is 0. The van der Waals surface area contributed by atoms with Crippen molar-refractivity contribution in [3.63, 3.8) is 0 Å². The fraction of sp³-hybridized carbons (Fsp3) is 0. The highest BCUT2D eigenvalue weighted by atomic mass is 79.9. The Kier molecular flexibility index (Phi) is 3.05. The van der Waals surface area contributed by atoms with E-state index in [1.165, 1.54) is 11.6 Å². The van der Waals surface area contributed by atoms with Gasteiger partial charge in [-0.1, -0.05) is 28.1 Å². The molecule has 5 heteroatoms. The summed E-state index contributed by atoms with van der Waals surface area (Å²) in [5, 5.41) is 5.52. The number of hydrogen-bond donors (Lipinski definition) is 2. The zero-order chi connectivity index (χ0) is 13.2. The Hall–Kier alpha value is -2.14. The number of rotatable bonds is 2. The molecule has 3 aromatic rings. The molecule has 0 saturated heterocycles. The van der Waals surface area contributed by atoms with Gasteiger partial charge in [0.25, 0.3) is 0 Å². The molecule has 0 aliphatic heterocycles. The van der Waals surface area contributed by atoms with Crippen LogP contribution < -0.4 is 11.1 Å². The van der Waals surface area contributed by atoms with E-state index in [2.05, 4.69) is 55.5 Å². The van der Waals surface area contributed by atoms with E-state index in [0.717, 1.165) is 15.5 Å². The molecular formula is C14H11BrN4. The van der Waals surface area contributed by atoms with Gasteiger partial charge in [-0.15, -0.1) is 0 Å². The number of nitrogens with two attached hydrogens (primary N) is 1. The highest BCUT2D eigenvalue weighted by Gasteiger charge is 2.00. The molecule has 0 amide bonds. The lowest BCUT2D eigenvalue weighted by atomic mass is 10.1. The zero-order valence-electron chi connectivity index (χ0n) is 9.97. The number of anilines is 3. The van der Waals surface area contributed by atoms with E-state index in [1.54, 1.807) is 6.20 Å². The number of nitrogens with zero attached hydrogens (tertiary/aromatic N) is 2. The molecular weight excluding hydrogens is 304 g/mol. The Morgan fingerprint density at radius 3 is 2.63 bits per heavy atom. The topological polar surface area (TPSA) is 63.8 Å². The minimum absolute atomic E-state index is 0.398. The Morgan fingerprint density at radius 2 is 1.79 bits per heavy atom. The second-order valence-electron chi connectivity index (χ2n) is 4.16. The molecule has 1 aromatic heterocycles. The Labute approximate surface area is 118 Å². The molecule has 0 spiro atoms. The highest BCUT2D eigenvalue weighted by Crippen LogP contribution is 2.24. The summed E-state index contributed by atoms with van der Waals surface area (Å²) in [6.45, 7) is 0. The molecule has 0 aliphatic carbocycles. The van der Waals surface area contributed by atoms with Gasteiger partial charge in [-0.3, -0.25) is 4.98 Å². The van der Waals surface area contributed by atoms with Crippen molar-refractivity contribution in [1.82, 2.24) is 9.97 Å². The average molecular weight is 315 g/mol. The summed E-state index contributed by atoms with van der Waals surface area (Å²) in [4.78, 5) is 8.16. The van der Waals surface area contributed by atoms with Gasteiger partial charge < -0.3 is 11.1 Å². The number of nitrogens with one attached hydrogen (secondary N) is 1. The van der Waals surface area contributed by atoms with Crippen LogP contribution in [0.5, 0.6) is 0 Å². The van der Waals surface area contributed by atoms with Crippen molar-refractivity contribution in [3.8, 4) is 0 Å². The maximum absolute atomic E-state index is 5.60. The molecule has 0 unspecified atom stereocenters. The van der Waals surface area contributed by atoms with Gasteiger partial charge in [0.05, 0.1) is 12.4 Å². The van der Waals surface area contributed by atoms with E-state index < -0.39 is 0 Å². The second kappa shape index (κ2) is 4.85. The van der Waals surface area contributed by atoms with Crippen LogP contribution in [0.4, 0.5) is 17.3 Å². The molecule has 94 valence electrons. The average Bonchev–Trinajstić information content (AvgIpc) is 2.39. The predicted molar refractivity (Wildman–Crippen MR) is 81.4 cm³/mol. The highest BCUT2D eigenvalue weighted by molar-refractivity contribution is 9.10. The normalized spacial score (nSPS) is 10.6. The van der Waals surface area contributed by atoms with E-state index in [4.69, 9.17) is 5.73 Å². The second-order valence-corrected chi connectivity index (χ2v) is 5.08. The summed E-state index contributed by atoms with van der Waals surface area (Å²) in [5.41, 5.74) is 6.55. The number of aromatic nitrogens is 2. The fourth-order valence-corrected chi connectivity index (χ4v) is 2.26. The van der Waals surface area contributed by atoms with E-state index in [-0.39, 0.29) is 0 Å². The van der Waals surface area contributed by atoms with Crippen LogP contribution in [-0.4, -0.2) is 9.97 Å². The van der Waals surface area contributed by atoms with Gasteiger partial charge in [-0.2, -0.15) is 0 Å². The first kappa shape index (κ1) is 11.9. The summed E-state index contributed by atoms with van der Waals surface area (Å²) < 4.78 is 1.07. The predicted octanol–water partition coefficient (Wildman–Crippen LogP) is 3.72. The van der Waals surface area contributed by atoms with E-state index in [9.17, 15) is 0 Å². The van der Waals surface area contributed by atoms with Gasteiger partial charge in [-0.05, 0) is 35.0 Å². The van der Waals surface area contributed by atoms with E-state index in [0.29, 0.717) is 11.6 Å². The fourth-order valence-electron chi connectivity index (χ4n) is 1.88. The molecule has 1 heterocycles. The van der Waals surface area contributed by atoms with Gasteiger partial charge in [0.2, 0.25) is 0 Å². The van der Waals surface area contributed by atoms with Crippen molar-refractivity contribution < 1.29 is 0 Å². The molecule has 19 heavy (non-hydrogen) atoms. The van der Waals surface area contributed by atoms with Crippen LogP contribution in [0.25, 0.3) is 10.8 Å². The number of benzene rings is 2. The largest absolute Gasteiger partial charge is 0.382 e. The van der Waals surface area contributed by atoms with Crippen molar-refractivity contribution in [2.45, 2.75) is 0 Å². The summed E-state index contributed by atoms with van der Waals surface area (Å²) in [6.07, 6.45) is 3.16.